The molecular weight excluding hydrogens is 221 g/mol. The minimum atomic E-state index is -0.161. The molecule has 0 spiro atoms. The zero-order valence-electron chi connectivity index (χ0n) is 10.4. The van der Waals surface area contributed by atoms with E-state index >= 15 is 0 Å². The summed E-state index contributed by atoms with van der Waals surface area (Å²) < 4.78 is 13.3. The van der Waals surface area contributed by atoms with Crippen molar-refractivity contribution < 1.29 is 4.39 Å². The summed E-state index contributed by atoms with van der Waals surface area (Å²) in [5.41, 5.74) is 2.17. The lowest BCUT2D eigenvalue weighted by atomic mass is 10.1. The van der Waals surface area contributed by atoms with Crippen molar-refractivity contribution in [3.05, 3.63) is 35.1 Å². The van der Waals surface area contributed by atoms with Crippen LogP contribution in [0.25, 0.3) is 0 Å². The average molecular weight is 241 g/mol. The molecule has 0 radical (unpaired) electrons. The third-order valence-electron chi connectivity index (χ3n) is 2.73. The molecule has 1 rings (SSSR count). The number of aryl methyl sites for hydroxylation is 1. The fourth-order valence-electron chi connectivity index (χ4n) is 1.40. The highest BCUT2D eigenvalue weighted by atomic mass is 32.2. The van der Waals surface area contributed by atoms with Gasteiger partial charge in [0, 0.05) is 17.8 Å². The standard InChI is InChI=1S/C13H20FNS/c1-10-5-6-12(14)7-11(10)8-15-9-13(2,3)16-4/h5-7,15H,8-9H2,1-4H3. The van der Waals surface area contributed by atoms with Crippen LogP contribution in [0.5, 0.6) is 0 Å². The van der Waals surface area contributed by atoms with Gasteiger partial charge in [0.05, 0.1) is 0 Å². The molecule has 1 nitrogen and oxygen atoms in total. The lowest BCUT2D eigenvalue weighted by molar-refractivity contribution is 0.584. The van der Waals surface area contributed by atoms with Gasteiger partial charge in [-0.05, 0) is 50.3 Å². The molecule has 0 aliphatic rings. The number of thioether (sulfide) groups is 1. The summed E-state index contributed by atoms with van der Waals surface area (Å²) in [5.74, 6) is -0.161. The molecule has 1 aromatic rings. The smallest absolute Gasteiger partial charge is 0.123 e. The van der Waals surface area contributed by atoms with Crippen molar-refractivity contribution in [2.24, 2.45) is 0 Å². The van der Waals surface area contributed by atoms with Crippen molar-refractivity contribution in [1.82, 2.24) is 5.32 Å². The van der Waals surface area contributed by atoms with Gasteiger partial charge in [0.2, 0.25) is 0 Å². The molecular formula is C13H20FNS. The topological polar surface area (TPSA) is 12.0 Å². The molecule has 0 heterocycles. The van der Waals surface area contributed by atoms with Gasteiger partial charge in [-0.2, -0.15) is 11.8 Å². The van der Waals surface area contributed by atoms with E-state index in [1.807, 2.05) is 24.8 Å². The number of benzene rings is 1. The van der Waals surface area contributed by atoms with Gasteiger partial charge in [0.25, 0.3) is 0 Å². The van der Waals surface area contributed by atoms with E-state index in [0.717, 1.165) is 24.2 Å². The van der Waals surface area contributed by atoms with E-state index in [9.17, 15) is 4.39 Å². The third-order valence-corrected chi connectivity index (χ3v) is 3.98. The van der Waals surface area contributed by atoms with Gasteiger partial charge in [-0.3, -0.25) is 0 Å². The van der Waals surface area contributed by atoms with Crippen LogP contribution in [0.15, 0.2) is 18.2 Å². The molecule has 0 bridgehead atoms. The number of halogens is 1. The third kappa shape index (κ3) is 4.14. The van der Waals surface area contributed by atoms with Crippen LogP contribution in [0.1, 0.15) is 25.0 Å². The molecule has 90 valence electrons. The lowest BCUT2D eigenvalue weighted by Crippen LogP contribution is -2.31. The highest BCUT2D eigenvalue weighted by molar-refractivity contribution is 7.99. The highest BCUT2D eigenvalue weighted by Gasteiger charge is 2.14. The molecule has 0 saturated heterocycles. The second-order valence-electron chi connectivity index (χ2n) is 4.64. The Bertz CT molecular complexity index is 350. The molecule has 1 aromatic carbocycles. The summed E-state index contributed by atoms with van der Waals surface area (Å²) in [4.78, 5) is 0. The van der Waals surface area contributed by atoms with Crippen molar-refractivity contribution >= 4 is 11.8 Å². The molecule has 1 N–H and O–H groups in total. The zero-order valence-corrected chi connectivity index (χ0v) is 11.2. The SMILES string of the molecule is CSC(C)(C)CNCc1cc(F)ccc1C. The largest absolute Gasteiger partial charge is 0.311 e. The van der Waals surface area contributed by atoms with Gasteiger partial charge >= 0.3 is 0 Å². The number of rotatable bonds is 5. The van der Waals surface area contributed by atoms with Crippen LogP contribution in [-0.2, 0) is 6.54 Å². The normalized spacial score (nSPS) is 11.8. The fourth-order valence-corrected chi connectivity index (χ4v) is 1.65. The summed E-state index contributed by atoms with van der Waals surface area (Å²) in [6.07, 6.45) is 2.11. The first-order valence-corrected chi connectivity index (χ1v) is 6.68. The van der Waals surface area contributed by atoms with Gasteiger partial charge < -0.3 is 5.32 Å². The minimum Gasteiger partial charge on any atom is -0.311 e. The Balaban J connectivity index is 2.52. The van der Waals surface area contributed by atoms with Crippen LogP contribution in [0.2, 0.25) is 0 Å². The van der Waals surface area contributed by atoms with Crippen molar-refractivity contribution in [2.75, 3.05) is 12.8 Å². The van der Waals surface area contributed by atoms with Crippen LogP contribution in [0.4, 0.5) is 4.39 Å². The molecule has 0 saturated carbocycles. The van der Waals surface area contributed by atoms with E-state index in [2.05, 4.69) is 25.4 Å². The Hall–Kier alpha value is -0.540. The average Bonchev–Trinajstić information content (AvgIpc) is 2.23. The van der Waals surface area contributed by atoms with Crippen molar-refractivity contribution in [3.8, 4) is 0 Å². The van der Waals surface area contributed by atoms with E-state index in [-0.39, 0.29) is 10.6 Å². The van der Waals surface area contributed by atoms with Gasteiger partial charge in [-0.1, -0.05) is 6.07 Å². The van der Waals surface area contributed by atoms with Crippen LogP contribution >= 0.6 is 11.8 Å². The van der Waals surface area contributed by atoms with Crippen molar-refractivity contribution in [1.29, 1.82) is 0 Å². The molecule has 0 fully saturated rings. The quantitative estimate of drug-likeness (QED) is 0.848. The van der Waals surface area contributed by atoms with Crippen molar-refractivity contribution in [2.45, 2.75) is 32.1 Å². The number of hydrogen-bond donors (Lipinski definition) is 1. The van der Waals surface area contributed by atoms with Gasteiger partial charge in [0.15, 0.2) is 0 Å². The van der Waals surface area contributed by atoms with Crippen LogP contribution in [0.3, 0.4) is 0 Å². The Labute approximate surface area is 102 Å². The first-order valence-electron chi connectivity index (χ1n) is 5.45. The van der Waals surface area contributed by atoms with Crippen molar-refractivity contribution in [3.63, 3.8) is 0 Å². The Morgan fingerprint density at radius 3 is 2.69 bits per heavy atom. The van der Waals surface area contributed by atoms with E-state index in [4.69, 9.17) is 0 Å². The highest BCUT2D eigenvalue weighted by Crippen LogP contribution is 2.20. The number of hydrogen-bond acceptors (Lipinski definition) is 2. The van der Waals surface area contributed by atoms with E-state index in [0.29, 0.717) is 0 Å². The molecule has 0 aliphatic carbocycles. The Morgan fingerprint density at radius 1 is 1.38 bits per heavy atom. The minimum absolute atomic E-state index is 0.161. The maximum atomic E-state index is 13.0. The predicted octanol–water partition coefficient (Wildman–Crippen LogP) is 3.37. The van der Waals surface area contributed by atoms with Gasteiger partial charge in [-0.25, -0.2) is 4.39 Å². The molecule has 0 aromatic heterocycles. The van der Waals surface area contributed by atoms with Crippen LogP contribution in [-0.4, -0.2) is 17.5 Å². The maximum absolute atomic E-state index is 13.0. The summed E-state index contributed by atoms with van der Waals surface area (Å²) in [6.45, 7) is 8.06. The first-order chi connectivity index (χ1) is 7.44. The summed E-state index contributed by atoms with van der Waals surface area (Å²) in [7, 11) is 0. The predicted molar refractivity (Wildman–Crippen MR) is 70.4 cm³/mol. The number of nitrogens with one attached hydrogen (secondary N) is 1. The maximum Gasteiger partial charge on any atom is 0.123 e. The first kappa shape index (κ1) is 13.5. The fraction of sp³-hybridized carbons (Fsp3) is 0.538. The van der Waals surface area contributed by atoms with E-state index in [1.54, 1.807) is 6.07 Å². The molecule has 0 unspecified atom stereocenters. The second-order valence-corrected chi connectivity index (χ2v) is 6.15. The van der Waals surface area contributed by atoms with Gasteiger partial charge in [0.1, 0.15) is 5.82 Å². The summed E-state index contributed by atoms with van der Waals surface area (Å²) in [5, 5.41) is 3.37. The Morgan fingerprint density at radius 2 is 2.06 bits per heavy atom. The second kappa shape index (κ2) is 5.69. The molecule has 16 heavy (non-hydrogen) atoms. The molecule has 3 heteroatoms. The van der Waals surface area contributed by atoms with Gasteiger partial charge in [-0.15, -0.1) is 0 Å². The lowest BCUT2D eigenvalue weighted by Gasteiger charge is -2.22. The molecule has 0 aliphatic heterocycles. The van der Waals surface area contributed by atoms with Crippen LogP contribution < -0.4 is 5.32 Å². The monoisotopic (exact) mass is 241 g/mol. The Kier molecular flexibility index (Phi) is 4.81. The van der Waals surface area contributed by atoms with E-state index < -0.39 is 0 Å². The molecule has 0 amide bonds. The summed E-state index contributed by atoms with van der Waals surface area (Å²) in [6, 6.07) is 4.94. The van der Waals surface area contributed by atoms with Crippen LogP contribution in [0, 0.1) is 12.7 Å². The zero-order chi connectivity index (χ0) is 12.2. The molecule has 0 atom stereocenters. The van der Waals surface area contributed by atoms with E-state index in [1.165, 1.54) is 6.07 Å². The summed E-state index contributed by atoms with van der Waals surface area (Å²) >= 11 is 1.83.